The monoisotopic (exact) mass is 406 g/mol. The van der Waals surface area contributed by atoms with Crippen LogP contribution in [-0.2, 0) is 20.9 Å². The second kappa shape index (κ2) is 9.62. The van der Waals surface area contributed by atoms with Crippen LogP contribution in [0.25, 0.3) is 0 Å². The molecule has 1 aliphatic carbocycles. The smallest absolute Gasteiger partial charge is 0.407 e. The molecule has 1 aromatic rings. The average Bonchev–Trinajstić information content (AvgIpc) is 2.99. The third kappa shape index (κ3) is 8.01. The molecule has 0 spiro atoms. The molecule has 8 nitrogen and oxygen atoms in total. The number of hydrogen-bond acceptors (Lipinski definition) is 5. The van der Waals surface area contributed by atoms with Crippen LogP contribution in [0.1, 0.15) is 52.0 Å². The molecule has 0 heterocycles. The van der Waals surface area contributed by atoms with Gasteiger partial charge in [-0.15, -0.1) is 0 Å². The number of carbonyl (C=O) groups excluding carboxylic acids is 2. The molecule has 1 aromatic carbocycles. The van der Waals surface area contributed by atoms with E-state index in [4.69, 9.17) is 9.47 Å². The number of hydrogen-bond donors (Lipinski definition) is 3. The van der Waals surface area contributed by atoms with Crippen LogP contribution in [0.5, 0.6) is 0 Å². The minimum Gasteiger partial charge on any atom is -0.481 e. The topological polar surface area (TPSA) is 114 Å². The van der Waals surface area contributed by atoms with Gasteiger partial charge >= 0.3 is 18.2 Å². The van der Waals surface area contributed by atoms with Crippen LogP contribution in [0.4, 0.5) is 9.59 Å². The lowest BCUT2D eigenvalue weighted by Crippen LogP contribution is -2.48. The molecular formula is C21H30N2O6. The minimum atomic E-state index is -0.992. The number of aliphatic carboxylic acids is 1. The molecule has 29 heavy (non-hydrogen) atoms. The van der Waals surface area contributed by atoms with Crippen LogP contribution in [0.15, 0.2) is 30.3 Å². The summed E-state index contributed by atoms with van der Waals surface area (Å²) in [6.07, 6.45) is 0.272. The molecule has 0 radical (unpaired) electrons. The number of rotatable bonds is 7. The normalized spacial score (nSPS) is 21.3. The Morgan fingerprint density at radius 1 is 1.17 bits per heavy atom. The summed E-state index contributed by atoms with van der Waals surface area (Å²) in [7, 11) is 0. The second-order valence-electron chi connectivity index (χ2n) is 8.53. The lowest BCUT2D eigenvalue weighted by molar-refractivity contribution is -0.138. The Hall–Kier alpha value is -2.77. The van der Waals surface area contributed by atoms with Gasteiger partial charge in [0.1, 0.15) is 12.2 Å². The van der Waals surface area contributed by atoms with Gasteiger partial charge in [0.15, 0.2) is 0 Å². The van der Waals surface area contributed by atoms with E-state index in [1.54, 1.807) is 20.8 Å². The van der Waals surface area contributed by atoms with E-state index in [0.717, 1.165) is 5.56 Å². The molecule has 8 heteroatoms. The van der Waals surface area contributed by atoms with Gasteiger partial charge in [-0.1, -0.05) is 30.3 Å². The highest BCUT2D eigenvalue weighted by atomic mass is 16.6. The van der Waals surface area contributed by atoms with Crippen LogP contribution in [-0.4, -0.2) is 40.9 Å². The number of ether oxygens (including phenoxy) is 2. The first kappa shape index (κ1) is 22.5. The fourth-order valence-corrected chi connectivity index (χ4v) is 3.54. The highest BCUT2D eigenvalue weighted by Gasteiger charge is 2.42. The zero-order valence-corrected chi connectivity index (χ0v) is 17.2. The summed E-state index contributed by atoms with van der Waals surface area (Å²) in [6.45, 7) is 5.82. The van der Waals surface area contributed by atoms with Crippen LogP contribution >= 0.6 is 0 Å². The molecule has 1 saturated carbocycles. The standard InChI is InChI=1S/C21H30N2O6/c1-20(2,3)29-18(26)22-13-16-9-10-21(11-16,12-17(24)25)23-19(27)28-14-15-7-5-4-6-8-15/h4-8,16H,9-14H2,1-3H3,(H,22,26)(H,23,27)(H,24,25). The Morgan fingerprint density at radius 3 is 2.48 bits per heavy atom. The number of carbonyl (C=O) groups is 3. The summed E-state index contributed by atoms with van der Waals surface area (Å²) in [6, 6.07) is 9.25. The molecule has 2 unspecified atom stereocenters. The summed E-state index contributed by atoms with van der Waals surface area (Å²) in [5.74, 6) is -0.953. The average molecular weight is 406 g/mol. The van der Waals surface area contributed by atoms with Crippen molar-refractivity contribution in [2.45, 2.75) is 64.2 Å². The maximum Gasteiger partial charge on any atom is 0.407 e. The summed E-state index contributed by atoms with van der Waals surface area (Å²) in [4.78, 5) is 35.5. The van der Waals surface area contributed by atoms with Gasteiger partial charge < -0.3 is 25.2 Å². The van der Waals surface area contributed by atoms with Gasteiger partial charge in [-0.3, -0.25) is 4.79 Å². The Balaban J connectivity index is 1.88. The zero-order valence-electron chi connectivity index (χ0n) is 17.2. The highest BCUT2D eigenvalue weighted by Crippen LogP contribution is 2.37. The lowest BCUT2D eigenvalue weighted by Gasteiger charge is -2.29. The van der Waals surface area contributed by atoms with Crippen LogP contribution in [0.3, 0.4) is 0 Å². The van der Waals surface area contributed by atoms with Gasteiger partial charge in [0.05, 0.1) is 12.0 Å². The van der Waals surface area contributed by atoms with Crippen molar-refractivity contribution in [2.75, 3.05) is 6.54 Å². The largest absolute Gasteiger partial charge is 0.481 e. The first-order valence-electron chi connectivity index (χ1n) is 9.74. The highest BCUT2D eigenvalue weighted by molar-refractivity contribution is 5.73. The van der Waals surface area contributed by atoms with E-state index in [1.807, 2.05) is 30.3 Å². The molecular weight excluding hydrogens is 376 g/mol. The van der Waals surface area contributed by atoms with Gasteiger partial charge in [-0.05, 0) is 51.5 Å². The van der Waals surface area contributed by atoms with Crippen molar-refractivity contribution in [1.82, 2.24) is 10.6 Å². The van der Waals surface area contributed by atoms with Gasteiger partial charge in [0.2, 0.25) is 0 Å². The second-order valence-corrected chi connectivity index (χ2v) is 8.53. The number of carboxylic acid groups (broad SMARTS) is 1. The molecule has 2 rings (SSSR count). The minimum absolute atomic E-state index is 0.0382. The fourth-order valence-electron chi connectivity index (χ4n) is 3.54. The van der Waals surface area contributed by atoms with Crippen molar-refractivity contribution >= 4 is 18.2 Å². The van der Waals surface area contributed by atoms with Gasteiger partial charge in [0.25, 0.3) is 0 Å². The molecule has 0 aliphatic heterocycles. The first-order chi connectivity index (χ1) is 13.6. The molecule has 0 saturated heterocycles. The van der Waals surface area contributed by atoms with Crippen LogP contribution < -0.4 is 10.6 Å². The zero-order chi connectivity index (χ0) is 21.5. The van der Waals surface area contributed by atoms with Crippen molar-refractivity contribution in [1.29, 1.82) is 0 Å². The van der Waals surface area contributed by atoms with Crippen molar-refractivity contribution < 1.29 is 29.0 Å². The number of carboxylic acids is 1. The Labute approximate surface area is 171 Å². The lowest BCUT2D eigenvalue weighted by atomic mass is 9.92. The van der Waals surface area contributed by atoms with Crippen molar-refractivity contribution in [3.63, 3.8) is 0 Å². The van der Waals surface area contributed by atoms with Gasteiger partial charge in [0, 0.05) is 6.54 Å². The third-order valence-electron chi connectivity index (χ3n) is 4.71. The van der Waals surface area contributed by atoms with E-state index in [0.29, 0.717) is 25.8 Å². The Kier molecular flexibility index (Phi) is 7.47. The van der Waals surface area contributed by atoms with E-state index in [2.05, 4.69) is 10.6 Å². The van der Waals surface area contributed by atoms with Crippen LogP contribution in [0, 0.1) is 5.92 Å². The number of benzene rings is 1. The Bertz CT molecular complexity index is 716. The van der Waals surface area contributed by atoms with Crippen LogP contribution in [0.2, 0.25) is 0 Å². The molecule has 0 bridgehead atoms. The van der Waals surface area contributed by atoms with E-state index in [-0.39, 0.29) is 18.9 Å². The van der Waals surface area contributed by atoms with E-state index in [9.17, 15) is 19.5 Å². The fraction of sp³-hybridized carbons (Fsp3) is 0.571. The van der Waals surface area contributed by atoms with Crippen molar-refractivity contribution in [3.8, 4) is 0 Å². The number of alkyl carbamates (subject to hydrolysis) is 2. The molecule has 2 atom stereocenters. The summed E-state index contributed by atoms with van der Waals surface area (Å²) in [5.41, 5.74) is -0.627. The molecule has 3 N–H and O–H groups in total. The maximum absolute atomic E-state index is 12.3. The van der Waals surface area contributed by atoms with Crippen molar-refractivity contribution in [2.24, 2.45) is 5.92 Å². The first-order valence-corrected chi connectivity index (χ1v) is 9.74. The third-order valence-corrected chi connectivity index (χ3v) is 4.71. The maximum atomic E-state index is 12.3. The van der Waals surface area contributed by atoms with Crippen molar-refractivity contribution in [3.05, 3.63) is 35.9 Å². The molecule has 1 fully saturated rings. The van der Waals surface area contributed by atoms with E-state index < -0.39 is 29.3 Å². The van der Waals surface area contributed by atoms with Gasteiger partial charge in [-0.25, -0.2) is 9.59 Å². The quantitative estimate of drug-likeness (QED) is 0.639. The molecule has 2 amide bonds. The predicted octanol–water partition coefficient (Wildman–Crippen LogP) is 3.45. The predicted molar refractivity (Wildman–Crippen MR) is 106 cm³/mol. The van der Waals surface area contributed by atoms with E-state index in [1.165, 1.54) is 0 Å². The van der Waals surface area contributed by atoms with Gasteiger partial charge in [-0.2, -0.15) is 0 Å². The summed E-state index contributed by atoms with van der Waals surface area (Å²) < 4.78 is 10.5. The summed E-state index contributed by atoms with van der Waals surface area (Å²) in [5, 5.41) is 14.8. The number of nitrogens with one attached hydrogen (secondary N) is 2. The molecule has 160 valence electrons. The summed E-state index contributed by atoms with van der Waals surface area (Å²) >= 11 is 0. The molecule has 0 aromatic heterocycles. The number of amides is 2. The van der Waals surface area contributed by atoms with E-state index >= 15 is 0 Å². The molecule has 1 aliphatic rings. The Morgan fingerprint density at radius 2 is 1.86 bits per heavy atom. The SMILES string of the molecule is CC(C)(C)OC(=O)NCC1CCC(CC(=O)O)(NC(=O)OCc2ccccc2)C1.